The van der Waals surface area contributed by atoms with E-state index in [1.807, 2.05) is 19.0 Å². The molecular formula is C15H31N3O3. The van der Waals surface area contributed by atoms with Gasteiger partial charge < -0.3 is 20.2 Å². The van der Waals surface area contributed by atoms with E-state index in [-0.39, 0.29) is 12.1 Å². The molecule has 0 heterocycles. The van der Waals surface area contributed by atoms with Crippen LogP contribution in [0.15, 0.2) is 0 Å². The Balaban J connectivity index is 4.97. The Hall–Kier alpha value is -1.30. The highest BCUT2D eigenvalue weighted by molar-refractivity contribution is 5.85. The number of urea groups is 1. The summed E-state index contributed by atoms with van der Waals surface area (Å²) >= 11 is 0. The Bertz CT molecular complexity index is 344. The van der Waals surface area contributed by atoms with E-state index in [1.54, 1.807) is 20.8 Å². The quantitative estimate of drug-likeness (QED) is 0.718. The number of carboxylic acid groups (broad SMARTS) is 1. The van der Waals surface area contributed by atoms with Crippen LogP contribution in [0.2, 0.25) is 0 Å². The largest absolute Gasteiger partial charge is 0.480 e. The Morgan fingerprint density at radius 3 is 2.10 bits per heavy atom. The predicted molar refractivity (Wildman–Crippen MR) is 84.4 cm³/mol. The molecule has 6 nitrogen and oxygen atoms in total. The zero-order valence-corrected chi connectivity index (χ0v) is 14.4. The summed E-state index contributed by atoms with van der Waals surface area (Å²) in [7, 11) is 3.91. The molecule has 2 N–H and O–H groups in total. The van der Waals surface area contributed by atoms with E-state index in [9.17, 15) is 14.7 Å². The smallest absolute Gasteiger partial charge is 0.329 e. The fourth-order valence-electron chi connectivity index (χ4n) is 2.35. The number of carbonyl (C=O) groups is 2. The molecule has 0 aromatic carbocycles. The molecule has 0 radical (unpaired) electrons. The van der Waals surface area contributed by atoms with Crippen LogP contribution in [0, 0.1) is 5.92 Å². The number of amides is 2. The maximum absolute atomic E-state index is 12.4. The Morgan fingerprint density at radius 2 is 1.76 bits per heavy atom. The van der Waals surface area contributed by atoms with Crippen molar-refractivity contribution in [3.8, 4) is 0 Å². The average Bonchev–Trinajstić information content (AvgIpc) is 2.26. The highest BCUT2D eigenvalue weighted by atomic mass is 16.4. The van der Waals surface area contributed by atoms with E-state index < -0.39 is 11.5 Å². The predicted octanol–water partition coefficient (Wildman–Crippen LogP) is 1.86. The monoisotopic (exact) mass is 301 g/mol. The summed E-state index contributed by atoms with van der Waals surface area (Å²) in [5, 5.41) is 12.3. The lowest BCUT2D eigenvalue weighted by Crippen LogP contribution is -2.58. The molecule has 2 amide bonds. The minimum atomic E-state index is -1.22. The van der Waals surface area contributed by atoms with Gasteiger partial charge in [0, 0.05) is 19.1 Å². The van der Waals surface area contributed by atoms with Crippen molar-refractivity contribution in [2.45, 2.75) is 52.6 Å². The van der Waals surface area contributed by atoms with Gasteiger partial charge in [0.05, 0.1) is 0 Å². The molecular weight excluding hydrogens is 270 g/mol. The molecule has 0 aliphatic carbocycles. The summed E-state index contributed by atoms with van der Waals surface area (Å²) in [5.74, 6) is -0.551. The molecule has 0 aliphatic heterocycles. The average molecular weight is 301 g/mol. The first-order valence-corrected chi connectivity index (χ1v) is 7.48. The van der Waals surface area contributed by atoms with E-state index in [1.165, 1.54) is 4.90 Å². The van der Waals surface area contributed by atoms with Crippen LogP contribution in [0.25, 0.3) is 0 Å². The third kappa shape index (κ3) is 6.33. The first kappa shape index (κ1) is 19.7. The molecule has 6 heteroatoms. The standard InChI is InChI=1S/C15H31N3O3/c1-8-18(15(4,5)13(19)20)14(21)16-12(9-11(2)3)10-17(6)7/h11-12H,8-10H2,1-7H3,(H,16,21)(H,19,20). The molecule has 0 fully saturated rings. The van der Waals surface area contributed by atoms with E-state index in [0.29, 0.717) is 12.5 Å². The molecule has 0 rings (SSSR count). The lowest BCUT2D eigenvalue weighted by Gasteiger charge is -2.36. The van der Waals surface area contributed by atoms with Crippen LogP contribution >= 0.6 is 0 Å². The first-order chi connectivity index (χ1) is 9.52. The second-order valence-corrected chi connectivity index (χ2v) is 6.65. The molecule has 0 bridgehead atoms. The van der Waals surface area contributed by atoms with Crippen LogP contribution in [0.1, 0.15) is 41.0 Å². The van der Waals surface area contributed by atoms with Gasteiger partial charge >= 0.3 is 12.0 Å². The molecule has 0 spiro atoms. The highest BCUT2D eigenvalue weighted by Crippen LogP contribution is 2.15. The van der Waals surface area contributed by atoms with Gasteiger partial charge in [-0.3, -0.25) is 0 Å². The van der Waals surface area contributed by atoms with Crippen molar-refractivity contribution < 1.29 is 14.7 Å². The number of hydrogen-bond acceptors (Lipinski definition) is 3. The molecule has 0 saturated carbocycles. The molecule has 124 valence electrons. The molecule has 0 aromatic rings. The molecule has 1 atom stereocenters. The normalized spacial score (nSPS) is 13.4. The fraction of sp³-hybridized carbons (Fsp3) is 0.867. The maximum Gasteiger partial charge on any atom is 0.329 e. The Kier molecular flexibility index (Phi) is 7.71. The van der Waals surface area contributed by atoms with Crippen molar-refractivity contribution in [3.05, 3.63) is 0 Å². The number of carboxylic acids is 1. The Morgan fingerprint density at radius 1 is 1.24 bits per heavy atom. The van der Waals surface area contributed by atoms with Crippen molar-refractivity contribution in [1.82, 2.24) is 15.1 Å². The molecule has 0 aromatic heterocycles. The number of likely N-dealkylation sites (N-methyl/N-ethyl adjacent to an activating group) is 2. The number of rotatable bonds is 8. The SMILES string of the molecule is CCN(C(=O)NC(CC(C)C)CN(C)C)C(C)(C)C(=O)O. The zero-order valence-electron chi connectivity index (χ0n) is 14.4. The minimum Gasteiger partial charge on any atom is -0.480 e. The Labute approximate surface area is 128 Å². The van der Waals surface area contributed by atoms with Crippen molar-refractivity contribution in [3.63, 3.8) is 0 Å². The van der Waals surface area contributed by atoms with Gasteiger partial charge in [-0.1, -0.05) is 13.8 Å². The number of aliphatic carboxylic acids is 1. The molecule has 0 aliphatic rings. The van der Waals surface area contributed by atoms with Gasteiger partial charge in [0.2, 0.25) is 0 Å². The number of nitrogens with zero attached hydrogens (tertiary/aromatic N) is 2. The van der Waals surface area contributed by atoms with Crippen LogP contribution in [0.4, 0.5) is 4.79 Å². The summed E-state index contributed by atoms with van der Waals surface area (Å²) in [6.07, 6.45) is 0.856. The minimum absolute atomic E-state index is 0.00569. The van der Waals surface area contributed by atoms with E-state index in [2.05, 4.69) is 19.2 Å². The van der Waals surface area contributed by atoms with Gasteiger partial charge in [0.25, 0.3) is 0 Å². The van der Waals surface area contributed by atoms with Crippen LogP contribution < -0.4 is 5.32 Å². The van der Waals surface area contributed by atoms with Crippen molar-refractivity contribution in [2.24, 2.45) is 5.92 Å². The van der Waals surface area contributed by atoms with Gasteiger partial charge in [0.15, 0.2) is 0 Å². The lowest BCUT2D eigenvalue weighted by molar-refractivity contribution is -0.147. The van der Waals surface area contributed by atoms with Gasteiger partial charge in [0.1, 0.15) is 5.54 Å². The third-order valence-corrected chi connectivity index (χ3v) is 3.43. The summed E-state index contributed by atoms with van der Waals surface area (Å²) in [5.41, 5.74) is -1.22. The summed E-state index contributed by atoms with van der Waals surface area (Å²) in [6.45, 7) is 10.2. The summed E-state index contributed by atoms with van der Waals surface area (Å²) in [4.78, 5) is 27.1. The van der Waals surface area contributed by atoms with Crippen LogP contribution in [0.3, 0.4) is 0 Å². The first-order valence-electron chi connectivity index (χ1n) is 7.48. The van der Waals surface area contributed by atoms with Gasteiger partial charge in [-0.2, -0.15) is 0 Å². The van der Waals surface area contributed by atoms with Crippen LogP contribution in [0.5, 0.6) is 0 Å². The van der Waals surface area contributed by atoms with Crippen LogP contribution in [-0.2, 0) is 4.79 Å². The zero-order chi connectivity index (χ0) is 16.8. The van der Waals surface area contributed by atoms with Gasteiger partial charge in [-0.25, -0.2) is 9.59 Å². The topological polar surface area (TPSA) is 72.9 Å². The molecule has 0 saturated heterocycles. The van der Waals surface area contributed by atoms with Crippen molar-refractivity contribution >= 4 is 12.0 Å². The highest BCUT2D eigenvalue weighted by Gasteiger charge is 2.37. The lowest BCUT2D eigenvalue weighted by atomic mass is 10.0. The number of nitrogens with one attached hydrogen (secondary N) is 1. The maximum atomic E-state index is 12.4. The van der Waals surface area contributed by atoms with Crippen molar-refractivity contribution in [1.29, 1.82) is 0 Å². The summed E-state index contributed by atoms with van der Waals surface area (Å²) < 4.78 is 0. The number of hydrogen-bond donors (Lipinski definition) is 2. The third-order valence-electron chi connectivity index (χ3n) is 3.43. The van der Waals surface area contributed by atoms with Crippen molar-refractivity contribution in [2.75, 3.05) is 27.2 Å². The molecule has 1 unspecified atom stereocenters. The molecule has 21 heavy (non-hydrogen) atoms. The van der Waals surface area contributed by atoms with Crippen LogP contribution in [-0.4, -0.2) is 65.7 Å². The number of carbonyl (C=O) groups excluding carboxylic acids is 1. The van der Waals surface area contributed by atoms with Gasteiger partial charge in [-0.05, 0) is 47.2 Å². The summed E-state index contributed by atoms with van der Waals surface area (Å²) in [6, 6.07) is -0.316. The van der Waals surface area contributed by atoms with E-state index >= 15 is 0 Å². The second-order valence-electron chi connectivity index (χ2n) is 6.65. The van der Waals surface area contributed by atoms with E-state index in [4.69, 9.17) is 0 Å². The second kappa shape index (κ2) is 8.22. The van der Waals surface area contributed by atoms with Gasteiger partial charge in [-0.15, -0.1) is 0 Å². The van der Waals surface area contributed by atoms with E-state index in [0.717, 1.165) is 13.0 Å². The fourth-order valence-corrected chi connectivity index (χ4v) is 2.35.